The zero-order valence-electron chi connectivity index (χ0n) is 18.6. The van der Waals surface area contributed by atoms with Gasteiger partial charge in [0.05, 0.1) is 32.7 Å². The van der Waals surface area contributed by atoms with Crippen molar-refractivity contribution in [3.8, 4) is 17.2 Å². The number of methoxy groups -OCH3 is 2. The molecule has 1 aliphatic heterocycles. The highest BCUT2D eigenvalue weighted by molar-refractivity contribution is 7.92. The smallest absolute Gasteiger partial charge is 0.267 e. The van der Waals surface area contributed by atoms with Crippen LogP contribution >= 0.6 is 0 Å². The number of carbonyl (C=O) groups is 1. The van der Waals surface area contributed by atoms with Gasteiger partial charge in [0.1, 0.15) is 5.75 Å². The van der Waals surface area contributed by atoms with E-state index in [4.69, 9.17) is 14.2 Å². The Morgan fingerprint density at radius 2 is 1.77 bits per heavy atom. The summed E-state index contributed by atoms with van der Waals surface area (Å²) in [5.41, 5.74) is 1.72. The minimum absolute atomic E-state index is 0.126. The molecule has 0 bridgehead atoms. The molecule has 1 aliphatic rings. The molecule has 0 aromatic heterocycles. The van der Waals surface area contributed by atoms with Gasteiger partial charge in [-0.2, -0.15) is 0 Å². The first-order valence-corrected chi connectivity index (χ1v) is 11.6. The second kappa shape index (κ2) is 8.30. The predicted octanol–water partition coefficient (Wildman–Crippen LogP) is 3.17. The molecule has 168 valence electrons. The van der Waals surface area contributed by atoms with Crippen LogP contribution in [0.1, 0.15) is 26.3 Å². The molecule has 1 amide bonds. The highest BCUT2D eigenvalue weighted by atomic mass is 32.2. The van der Waals surface area contributed by atoms with Gasteiger partial charge in [0, 0.05) is 11.8 Å². The van der Waals surface area contributed by atoms with Crippen LogP contribution in [-0.2, 0) is 20.2 Å². The maximum Gasteiger partial charge on any atom is 0.267 e. The van der Waals surface area contributed by atoms with Crippen molar-refractivity contribution in [1.82, 2.24) is 0 Å². The summed E-state index contributed by atoms with van der Waals surface area (Å²) in [4.78, 5) is 12.9. The molecule has 0 radical (unpaired) electrons. The Balaban J connectivity index is 1.90. The van der Waals surface area contributed by atoms with Crippen molar-refractivity contribution in [3.63, 3.8) is 0 Å². The van der Waals surface area contributed by atoms with Gasteiger partial charge in [-0.1, -0.05) is 26.8 Å². The van der Waals surface area contributed by atoms with Crippen molar-refractivity contribution in [2.75, 3.05) is 36.6 Å². The summed E-state index contributed by atoms with van der Waals surface area (Å²) >= 11 is 0. The zero-order chi connectivity index (χ0) is 23.0. The fourth-order valence-electron chi connectivity index (χ4n) is 3.31. The molecule has 2 aromatic rings. The van der Waals surface area contributed by atoms with E-state index < -0.39 is 22.0 Å². The van der Waals surface area contributed by atoms with Crippen molar-refractivity contribution in [2.24, 2.45) is 0 Å². The molecule has 0 aliphatic carbocycles. The molecule has 1 heterocycles. The van der Waals surface area contributed by atoms with E-state index in [0.29, 0.717) is 28.6 Å². The Bertz CT molecular complexity index is 1090. The highest BCUT2D eigenvalue weighted by Crippen LogP contribution is 2.39. The normalized spacial score (nSPS) is 16.2. The number of benzene rings is 2. The molecule has 0 fully saturated rings. The molecule has 0 spiro atoms. The van der Waals surface area contributed by atoms with E-state index >= 15 is 0 Å². The summed E-state index contributed by atoms with van der Waals surface area (Å²) < 4.78 is 42.6. The third kappa shape index (κ3) is 4.87. The number of nitrogens with zero attached hydrogens (tertiary/aromatic N) is 1. The molecule has 0 saturated heterocycles. The van der Waals surface area contributed by atoms with Crippen molar-refractivity contribution in [2.45, 2.75) is 32.3 Å². The summed E-state index contributed by atoms with van der Waals surface area (Å²) in [6, 6.07) is 10.4. The maximum absolute atomic E-state index is 12.9. The van der Waals surface area contributed by atoms with Gasteiger partial charge in [0.2, 0.25) is 10.0 Å². The summed E-state index contributed by atoms with van der Waals surface area (Å²) in [6.45, 7) is 6.01. The third-order valence-electron chi connectivity index (χ3n) is 5.04. The van der Waals surface area contributed by atoms with Gasteiger partial charge in [0.25, 0.3) is 5.91 Å². The lowest BCUT2D eigenvalue weighted by molar-refractivity contribution is -0.122. The Labute approximate surface area is 183 Å². The minimum Gasteiger partial charge on any atom is -0.493 e. The minimum atomic E-state index is -3.62. The molecule has 31 heavy (non-hydrogen) atoms. The summed E-state index contributed by atoms with van der Waals surface area (Å²) in [6.07, 6.45) is 0.102. The average molecular weight is 449 g/mol. The first kappa shape index (κ1) is 22.7. The second-order valence-electron chi connectivity index (χ2n) is 8.39. The summed E-state index contributed by atoms with van der Waals surface area (Å²) in [7, 11) is -0.601. The van der Waals surface area contributed by atoms with Crippen LogP contribution in [0.3, 0.4) is 0 Å². The molecular weight excluding hydrogens is 420 g/mol. The second-order valence-corrected chi connectivity index (χ2v) is 10.3. The molecule has 1 unspecified atom stereocenters. The molecule has 1 atom stereocenters. The van der Waals surface area contributed by atoms with Gasteiger partial charge in [0.15, 0.2) is 17.6 Å². The van der Waals surface area contributed by atoms with E-state index in [-0.39, 0.29) is 12.0 Å². The predicted molar refractivity (Wildman–Crippen MR) is 120 cm³/mol. The number of fused-ring (bicyclic) bond motifs is 1. The van der Waals surface area contributed by atoms with E-state index in [1.54, 1.807) is 30.3 Å². The standard InChI is InChI=1S/C22H28N2O6S/c1-22(2,3)14-7-9-17-16(11-14)24(31(6,26)27)13-20(30-17)21(25)23-15-8-10-18(28-4)19(12-15)29-5/h7-12,20H,13H2,1-6H3,(H,23,25). The van der Waals surface area contributed by atoms with Crippen LogP contribution in [-0.4, -0.2) is 47.4 Å². The summed E-state index contributed by atoms with van der Waals surface area (Å²) in [5.74, 6) is 0.868. The van der Waals surface area contributed by atoms with E-state index in [2.05, 4.69) is 5.32 Å². The van der Waals surface area contributed by atoms with E-state index in [1.165, 1.54) is 18.5 Å². The molecular formula is C22H28N2O6S. The topological polar surface area (TPSA) is 94.2 Å². The quantitative estimate of drug-likeness (QED) is 0.755. The van der Waals surface area contributed by atoms with E-state index in [0.717, 1.165) is 11.8 Å². The SMILES string of the molecule is COc1ccc(NC(=O)C2CN(S(C)(=O)=O)c3cc(C(C)(C)C)ccc3O2)cc1OC. The fraction of sp³-hybridized carbons (Fsp3) is 0.409. The lowest BCUT2D eigenvalue weighted by Gasteiger charge is -2.35. The number of ether oxygens (including phenoxy) is 3. The lowest BCUT2D eigenvalue weighted by Crippen LogP contribution is -2.48. The number of carbonyl (C=O) groups excluding carboxylic acids is 1. The summed E-state index contributed by atoms with van der Waals surface area (Å²) in [5, 5.41) is 2.76. The van der Waals surface area contributed by atoms with Gasteiger partial charge in [-0.15, -0.1) is 0 Å². The number of rotatable bonds is 5. The largest absolute Gasteiger partial charge is 0.493 e. The fourth-order valence-corrected chi connectivity index (χ4v) is 4.21. The van der Waals surface area contributed by atoms with E-state index in [9.17, 15) is 13.2 Å². The first-order valence-electron chi connectivity index (χ1n) is 9.76. The molecule has 9 heteroatoms. The average Bonchev–Trinajstić information content (AvgIpc) is 2.70. The van der Waals surface area contributed by atoms with Gasteiger partial charge in [-0.3, -0.25) is 9.10 Å². The van der Waals surface area contributed by atoms with Crippen LogP contribution in [0.25, 0.3) is 0 Å². The first-order chi connectivity index (χ1) is 14.4. The Morgan fingerprint density at radius 3 is 2.35 bits per heavy atom. The third-order valence-corrected chi connectivity index (χ3v) is 6.18. The molecule has 0 saturated carbocycles. The molecule has 2 aromatic carbocycles. The maximum atomic E-state index is 12.9. The number of anilines is 2. The highest BCUT2D eigenvalue weighted by Gasteiger charge is 2.36. The molecule has 1 N–H and O–H groups in total. The van der Waals surface area contributed by atoms with Crippen molar-refractivity contribution in [3.05, 3.63) is 42.0 Å². The zero-order valence-corrected chi connectivity index (χ0v) is 19.4. The van der Waals surface area contributed by atoms with Crippen molar-refractivity contribution < 1.29 is 27.4 Å². The lowest BCUT2D eigenvalue weighted by atomic mass is 9.86. The van der Waals surface area contributed by atoms with Crippen molar-refractivity contribution in [1.29, 1.82) is 0 Å². The Kier molecular flexibility index (Phi) is 6.09. The van der Waals surface area contributed by atoms with Gasteiger partial charge >= 0.3 is 0 Å². The van der Waals surface area contributed by atoms with Crippen LogP contribution in [0.4, 0.5) is 11.4 Å². The van der Waals surface area contributed by atoms with Crippen molar-refractivity contribution >= 4 is 27.3 Å². The van der Waals surface area contributed by atoms with Crippen LogP contribution in [0.2, 0.25) is 0 Å². The van der Waals surface area contributed by atoms with E-state index in [1.807, 2.05) is 26.8 Å². The number of sulfonamides is 1. The number of hydrogen-bond acceptors (Lipinski definition) is 6. The monoisotopic (exact) mass is 448 g/mol. The Hall–Kier alpha value is -2.94. The molecule has 8 nitrogen and oxygen atoms in total. The van der Waals surface area contributed by atoms with Gasteiger partial charge < -0.3 is 19.5 Å². The number of hydrogen-bond donors (Lipinski definition) is 1. The van der Waals surface area contributed by atoms with Gasteiger partial charge in [-0.25, -0.2) is 8.42 Å². The van der Waals surface area contributed by atoms with Crippen LogP contribution in [0, 0.1) is 0 Å². The molecule has 3 rings (SSSR count). The number of amides is 1. The van der Waals surface area contributed by atoms with Crippen LogP contribution in [0.5, 0.6) is 17.2 Å². The van der Waals surface area contributed by atoms with Gasteiger partial charge in [-0.05, 0) is 35.2 Å². The van der Waals surface area contributed by atoms with Crippen LogP contribution in [0.15, 0.2) is 36.4 Å². The number of nitrogens with one attached hydrogen (secondary N) is 1. The van der Waals surface area contributed by atoms with Crippen LogP contribution < -0.4 is 23.8 Å². The Morgan fingerprint density at radius 1 is 1.10 bits per heavy atom.